The van der Waals surface area contributed by atoms with Crippen LogP contribution in [0.25, 0.3) is 10.1 Å². The highest BCUT2D eigenvalue weighted by atomic mass is 32.1. The highest BCUT2D eigenvalue weighted by Crippen LogP contribution is 2.27. The lowest BCUT2D eigenvalue weighted by atomic mass is 9.97. The summed E-state index contributed by atoms with van der Waals surface area (Å²) in [7, 11) is 0. The second-order valence-corrected chi connectivity index (χ2v) is 7.19. The highest BCUT2D eigenvalue weighted by molar-refractivity contribution is 7.17. The largest absolute Gasteiger partial charge is 0.347 e. The third-order valence-corrected chi connectivity index (χ3v) is 5.54. The minimum absolute atomic E-state index is 0.0269. The summed E-state index contributed by atoms with van der Waals surface area (Å²) in [5.74, 6) is 0.736. The Hall–Kier alpha value is -1.46. The summed E-state index contributed by atoms with van der Waals surface area (Å²) in [6.45, 7) is 5.36. The number of fused-ring (bicyclic) bond motifs is 3. The van der Waals surface area contributed by atoms with Crippen molar-refractivity contribution in [1.29, 1.82) is 0 Å². The Bertz CT molecular complexity index is 684. The molecule has 5 heteroatoms. The average Bonchev–Trinajstić information content (AvgIpc) is 3.05. The number of carbonyl (C=O) groups is 1. The van der Waals surface area contributed by atoms with Crippen LogP contribution in [0.3, 0.4) is 0 Å². The van der Waals surface area contributed by atoms with Gasteiger partial charge in [0.15, 0.2) is 0 Å². The monoisotopic (exact) mass is 301 g/mol. The van der Waals surface area contributed by atoms with Crippen LogP contribution in [0.4, 0.5) is 0 Å². The number of nitrogens with one attached hydrogen (secondary N) is 1. The normalized spacial score (nSPS) is 28.0. The van der Waals surface area contributed by atoms with E-state index in [-0.39, 0.29) is 11.9 Å². The molecule has 2 aliphatic rings. The van der Waals surface area contributed by atoms with Crippen LogP contribution < -0.4 is 5.32 Å². The fraction of sp³-hybridized carbons (Fsp3) is 0.500. The fourth-order valence-corrected chi connectivity index (χ4v) is 4.54. The van der Waals surface area contributed by atoms with E-state index in [9.17, 15) is 4.79 Å². The minimum Gasteiger partial charge on any atom is -0.347 e. The van der Waals surface area contributed by atoms with Crippen molar-refractivity contribution in [2.24, 2.45) is 5.92 Å². The Balaban J connectivity index is 1.53. The molecular formula is C16H19N3OS. The number of nitrogens with zero attached hydrogens (tertiary/aromatic N) is 2. The lowest BCUT2D eigenvalue weighted by molar-refractivity contribution is 0.0904. The molecule has 4 heterocycles. The van der Waals surface area contributed by atoms with E-state index in [1.165, 1.54) is 19.5 Å². The van der Waals surface area contributed by atoms with Gasteiger partial charge < -0.3 is 10.2 Å². The molecule has 2 bridgehead atoms. The Morgan fingerprint density at radius 2 is 2.38 bits per heavy atom. The zero-order chi connectivity index (χ0) is 14.4. The van der Waals surface area contributed by atoms with Crippen molar-refractivity contribution in [2.45, 2.75) is 25.8 Å². The third-order valence-electron chi connectivity index (χ3n) is 4.68. The van der Waals surface area contributed by atoms with Crippen LogP contribution in [0.2, 0.25) is 0 Å². The van der Waals surface area contributed by atoms with Crippen LogP contribution in [0.5, 0.6) is 0 Å². The molecule has 4 rings (SSSR count). The predicted octanol–water partition coefficient (Wildman–Crippen LogP) is 2.43. The van der Waals surface area contributed by atoms with Gasteiger partial charge in [-0.3, -0.25) is 4.79 Å². The average molecular weight is 301 g/mol. The first-order chi connectivity index (χ1) is 10.2. The van der Waals surface area contributed by atoms with E-state index < -0.39 is 0 Å². The molecule has 0 saturated carbocycles. The van der Waals surface area contributed by atoms with Crippen molar-refractivity contribution >= 4 is 27.3 Å². The van der Waals surface area contributed by atoms with Gasteiger partial charge in [0.2, 0.25) is 0 Å². The first-order valence-corrected chi connectivity index (χ1v) is 8.45. The molecule has 0 radical (unpaired) electrons. The number of amides is 1. The molecule has 0 aliphatic carbocycles. The summed E-state index contributed by atoms with van der Waals surface area (Å²) in [4.78, 5) is 19.4. The topological polar surface area (TPSA) is 45.2 Å². The van der Waals surface area contributed by atoms with Gasteiger partial charge in [-0.15, -0.1) is 11.3 Å². The molecule has 110 valence electrons. The second kappa shape index (κ2) is 5.07. The number of carbonyl (C=O) groups excluding carboxylic acids is 1. The summed E-state index contributed by atoms with van der Waals surface area (Å²) in [5.41, 5.74) is 1.49. The van der Waals surface area contributed by atoms with Crippen LogP contribution in [0.15, 0.2) is 17.5 Å². The van der Waals surface area contributed by atoms with Crippen LogP contribution in [0.1, 0.15) is 29.0 Å². The van der Waals surface area contributed by atoms with Crippen molar-refractivity contribution in [3.8, 4) is 0 Å². The van der Waals surface area contributed by atoms with E-state index >= 15 is 0 Å². The first kappa shape index (κ1) is 13.2. The number of rotatable bonds is 2. The molecule has 2 aromatic heterocycles. The number of aromatic nitrogens is 1. The van der Waals surface area contributed by atoms with Crippen molar-refractivity contribution < 1.29 is 4.79 Å². The summed E-state index contributed by atoms with van der Waals surface area (Å²) < 4.78 is 1.14. The van der Waals surface area contributed by atoms with E-state index in [0.717, 1.165) is 34.7 Å². The quantitative estimate of drug-likeness (QED) is 0.926. The Morgan fingerprint density at radius 3 is 3.24 bits per heavy atom. The van der Waals surface area contributed by atoms with E-state index in [4.69, 9.17) is 0 Å². The van der Waals surface area contributed by atoms with Crippen molar-refractivity contribution in [1.82, 2.24) is 15.2 Å². The molecule has 0 spiro atoms. The Labute approximate surface area is 128 Å². The summed E-state index contributed by atoms with van der Waals surface area (Å²) >= 11 is 1.66. The van der Waals surface area contributed by atoms with Crippen molar-refractivity contribution in [3.05, 3.63) is 28.9 Å². The van der Waals surface area contributed by atoms with Crippen LogP contribution in [-0.2, 0) is 0 Å². The minimum atomic E-state index is -0.0269. The lowest BCUT2D eigenvalue weighted by Crippen LogP contribution is -2.47. The van der Waals surface area contributed by atoms with Crippen molar-refractivity contribution in [3.63, 3.8) is 0 Å². The smallest absolute Gasteiger partial charge is 0.270 e. The van der Waals surface area contributed by atoms with Crippen molar-refractivity contribution in [2.75, 3.05) is 19.6 Å². The van der Waals surface area contributed by atoms with Gasteiger partial charge in [0.25, 0.3) is 5.91 Å². The van der Waals surface area contributed by atoms with Gasteiger partial charge in [-0.1, -0.05) is 0 Å². The number of hydrogen-bond donors (Lipinski definition) is 1. The molecule has 3 atom stereocenters. The molecule has 2 aromatic rings. The highest BCUT2D eigenvalue weighted by Gasteiger charge is 2.33. The van der Waals surface area contributed by atoms with E-state index in [1.807, 2.05) is 18.4 Å². The first-order valence-electron chi connectivity index (χ1n) is 7.57. The van der Waals surface area contributed by atoms with Gasteiger partial charge in [0.1, 0.15) is 5.69 Å². The molecular weight excluding hydrogens is 282 g/mol. The number of hydrogen-bond acceptors (Lipinski definition) is 4. The molecule has 2 saturated heterocycles. The lowest BCUT2D eigenvalue weighted by Gasteiger charge is -2.30. The van der Waals surface area contributed by atoms with Gasteiger partial charge in [0, 0.05) is 34.9 Å². The number of piperidine rings is 1. The summed E-state index contributed by atoms with van der Waals surface area (Å²) in [6.07, 6.45) is 2.40. The SMILES string of the molecule is Cc1nc(C(=O)N[C@@H]2C[C@@H]3CCN(C3)C2)cc2sccc12. The molecule has 2 aliphatic heterocycles. The number of aryl methyl sites for hydroxylation is 1. The second-order valence-electron chi connectivity index (χ2n) is 6.25. The maximum atomic E-state index is 12.5. The number of pyridine rings is 1. The van der Waals surface area contributed by atoms with E-state index in [2.05, 4.69) is 21.3 Å². The molecule has 1 N–H and O–H groups in total. The Morgan fingerprint density at radius 1 is 1.48 bits per heavy atom. The van der Waals surface area contributed by atoms with E-state index in [0.29, 0.717) is 5.69 Å². The standard InChI is InChI=1S/C16H19N3OS/c1-10-13-3-5-21-15(13)7-14(17-10)16(20)18-12-6-11-2-4-19(8-11)9-12/h3,5,7,11-12H,2,4,6,8-9H2,1H3,(H,18,20)/t11-,12+/m0/s1. The fourth-order valence-electron chi connectivity index (χ4n) is 3.67. The Kier molecular flexibility index (Phi) is 3.19. The van der Waals surface area contributed by atoms with Gasteiger partial charge >= 0.3 is 0 Å². The third kappa shape index (κ3) is 2.45. The zero-order valence-corrected chi connectivity index (χ0v) is 12.9. The molecule has 4 nitrogen and oxygen atoms in total. The van der Waals surface area contributed by atoms with E-state index in [1.54, 1.807) is 11.3 Å². The molecule has 2 fully saturated rings. The summed E-state index contributed by atoms with van der Waals surface area (Å²) in [6, 6.07) is 4.26. The maximum absolute atomic E-state index is 12.5. The van der Waals surface area contributed by atoms with Gasteiger partial charge in [-0.25, -0.2) is 4.98 Å². The molecule has 0 aromatic carbocycles. The maximum Gasteiger partial charge on any atom is 0.270 e. The van der Waals surface area contributed by atoms with Gasteiger partial charge in [0.05, 0.1) is 0 Å². The van der Waals surface area contributed by atoms with Crippen LogP contribution in [0, 0.1) is 12.8 Å². The predicted molar refractivity (Wildman–Crippen MR) is 84.8 cm³/mol. The molecule has 21 heavy (non-hydrogen) atoms. The van der Waals surface area contributed by atoms with Crippen LogP contribution >= 0.6 is 11.3 Å². The van der Waals surface area contributed by atoms with Gasteiger partial charge in [-0.05, 0) is 49.7 Å². The zero-order valence-electron chi connectivity index (χ0n) is 12.1. The van der Waals surface area contributed by atoms with Crippen LogP contribution in [-0.4, -0.2) is 41.5 Å². The molecule has 1 unspecified atom stereocenters. The summed E-state index contributed by atoms with van der Waals surface area (Å²) in [5, 5.41) is 6.38. The van der Waals surface area contributed by atoms with Gasteiger partial charge in [-0.2, -0.15) is 0 Å². The number of thiophene rings is 1. The molecule has 1 amide bonds.